The van der Waals surface area contributed by atoms with Crippen molar-refractivity contribution < 1.29 is 26.7 Å². The molecule has 12 heteroatoms. The summed E-state index contributed by atoms with van der Waals surface area (Å²) in [7, 11) is 2.03. The first-order chi connectivity index (χ1) is 22.8. The molecule has 1 aromatic heterocycles. The Morgan fingerprint density at radius 3 is 2.17 bits per heavy atom. The lowest BCUT2D eigenvalue weighted by atomic mass is 9.99. The molecule has 0 spiro atoms. The van der Waals surface area contributed by atoms with E-state index in [1.165, 1.54) is 28.9 Å². The van der Waals surface area contributed by atoms with Crippen molar-refractivity contribution in [1.82, 2.24) is 24.6 Å². The maximum atomic E-state index is 14.4. The predicted molar refractivity (Wildman–Crippen MR) is 172 cm³/mol. The van der Waals surface area contributed by atoms with Gasteiger partial charge in [-0.15, -0.1) is 0 Å². The zero-order valence-electron chi connectivity index (χ0n) is 27.1. The van der Waals surface area contributed by atoms with Crippen molar-refractivity contribution in [3.8, 4) is 11.1 Å². The molecule has 1 aliphatic heterocycles. The molecule has 3 aromatic carbocycles. The van der Waals surface area contributed by atoms with Crippen LogP contribution in [0.1, 0.15) is 60.9 Å². The zero-order chi connectivity index (χ0) is 34.6. The van der Waals surface area contributed by atoms with Gasteiger partial charge in [-0.3, -0.25) is 9.59 Å². The van der Waals surface area contributed by atoms with Gasteiger partial charge in [0.15, 0.2) is 0 Å². The quantitative estimate of drug-likeness (QED) is 0.178. The van der Waals surface area contributed by atoms with E-state index in [9.17, 15) is 31.5 Å². The number of hydrogen-bond donors (Lipinski definition) is 0. The van der Waals surface area contributed by atoms with E-state index in [1.807, 2.05) is 36.2 Å². The monoisotopic (exact) mass is 667 g/mol. The molecule has 1 saturated heterocycles. The number of aromatic nitrogens is 3. The maximum absolute atomic E-state index is 14.4. The van der Waals surface area contributed by atoms with Crippen LogP contribution in [0.15, 0.2) is 71.5 Å². The van der Waals surface area contributed by atoms with Gasteiger partial charge in [-0.2, -0.15) is 23.3 Å². The first kappa shape index (κ1) is 34.9. The Bertz CT molecular complexity index is 1780. The van der Waals surface area contributed by atoms with Gasteiger partial charge in [-0.25, -0.2) is 13.5 Å². The molecule has 1 atom stereocenters. The zero-order valence-corrected chi connectivity index (χ0v) is 27.1. The average molecular weight is 668 g/mol. The molecule has 48 heavy (non-hydrogen) atoms. The number of carbonyl (C=O) groups is 1. The minimum atomic E-state index is -4.41. The predicted octanol–water partition coefficient (Wildman–Crippen LogP) is 6.63. The van der Waals surface area contributed by atoms with E-state index in [2.05, 4.69) is 15.0 Å². The van der Waals surface area contributed by atoms with Crippen LogP contribution in [0.3, 0.4) is 0 Å². The average Bonchev–Trinajstić information content (AvgIpc) is 3.06. The fourth-order valence-electron chi connectivity index (χ4n) is 6.03. The molecule has 0 N–H and O–H groups in total. The molecule has 0 aliphatic carbocycles. The van der Waals surface area contributed by atoms with Gasteiger partial charge in [-0.05, 0) is 93.2 Å². The Balaban J connectivity index is 1.41. The molecule has 0 radical (unpaired) electrons. The van der Waals surface area contributed by atoms with Crippen LogP contribution in [0.5, 0.6) is 0 Å². The number of amides is 1. The van der Waals surface area contributed by atoms with E-state index in [-0.39, 0.29) is 48.4 Å². The molecule has 1 aliphatic rings. The normalized spacial score (nSPS) is 15.0. The van der Waals surface area contributed by atoms with Crippen molar-refractivity contribution in [3.63, 3.8) is 0 Å². The van der Waals surface area contributed by atoms with Gasteiger partial charge in [0.2, 0.25) is 5.91 Å². The number of likely N-dealkylation sites (tertiary alicyclic amines) is 1. The Morgan fingerprint density at radius 2 is 1.58 bits per heavy atom. The van der Waals surface area contributed by atoms with Crippen molar-refractivity contribution in [1.29, 1.82) is 0 Å². The molecule has 0 bridgehead atoms. The minimum absolute atomic E-state index is 0.0690. The minimum Gasteiger partial charge on any atom is -0.333 e. The number of alkyl halides is 3. The van der Waals surface area contributed by atoms with E-state index in [4.69, 9.17) is 0 Å². The highest BCUT2D eigenvalue weighted by molar-refractivity contribution is 5.80. The van der Waals surface area contributed by atoms with Gasteiger partial charge in [0.25, 0.3) is 5.56 Å². The summed E-state index contributed by atoms with van der Waals surface area (Å²) >= 11 is 0. The second-order valence-electron chi connectivity index (χ2n) is 12.3. The van der Waals surface area contributed by atoms with Gasteiger partial charge in [0, 0.05) is 25.1 Å². The molecule has 4 aromatic rings. The number of hydrogen-bond acceptors (Lipinski definition) is 5. The number of rotatable bonds is 10. The fourth-order valence-corrected chi connectivity index (χ4v) is 6.03. The second-order valence-corrected chi connectivity index (χ2v) is 12.3. The molecule has 1 fully saturated rings. The number of carbonyl (C=O) groups excluding carboxylic acids is 1. The van der Waals surface area contributed by atoms with E-state index in [0.29, 0.717) is 12.0 Å². The summed E-state index contributed by atoms with van der Waals surface area (Å²) < 4.78 is 68.4. The summed E-state index contributed by atoms with van der Waals surface area (Å²) in [6, 6.07) is 14.8. The highest BCUT2D eigenvalue weighted by Crippen LogP contribution is 2.31. The SMILES string of the molecule is CCc1nn(C(C)C(=O)N(Cc2ccc(-c3ccc(C(F)(F)F)cc3)cc2)C2CCN(C)CC2)c(CCc2ccc(F)cc2F)nc1=O. The van der Waals surface area contributed by atoms with Crippen molar-refractivity contribution in [2.24, 2.45) is 0 Å². The van der Waals surface area contributed by atoms with E-state index < -0.39 is 35.0 Å². The van der Waals surface area contributed by atoms with Crippen LogP contribution in [0, 0.1) is 11.6 Å². The Morgan fingerprint density at radius 1 is 0.958 bits per heavy atom. The number of piperidine rings is 1. The maximum Gasteiger partial charge on any atom is 0.416 e. The fraction of sp³-hybridized carbons (Fsp3) is 0.389. The molecule has 254 valence electrons. The first-order valence-corrected chi connectivity index (χ1v) is 16.0. The smallest absolute Gasteiger partial charge is 0.333 e. The van der Waals surface area contributed by atoms with Gasteiger partial charge >= 0.3 is 6.18 Å². The Labute approximate surface area is 276 Å². The molecule has 1 amide bonds. The van der Waals surface area contributed by atoms with E-state index in [0.717, 1.165) is 55.3 Å². The molecule has 1 unspecified atom stereocenters. The summed E-state index contributed by atoms with van der Waals surface area (Å²) in [5, 5.41) is 4.54. The lowest BCUT2D eigenvalue weighted by Crippen LogP contribution is -2.48. The third-order valence-electron chi connectivity index (χ3n) is 8.93. The third-order valence-corrected chi connectivity index (χ3v) is 8.93. The van der Waals surface area contributed by atoms with Crippen molar-refractivity contribution in [2.75, 3.05) is 20.1 Å². The highest BCUT2D eigenvalue weighted by atomic mass is 19.4. The largest absolute Gasteiger partial charge is 0.416 e. The van der Waals surface area contributed by atoms with Gasteiger partial charge in [-0.1, -0.05) is 49.4 Å². The summed E-state index contributed by atoms with van der Waals surface area (Å²) in [6.07, 6.45) is -2.37. The molecule has 5 rings (SSSR count). The Hall–Kier alpha value is -4.45. The van der Waals surface area contributed by atoms with Crippen LogP contribution in [-0.4, -0.2) is 56.7 Å². The summed E-state index contributed by atoms with van der Waals surface area (Å²) in [4.78, 5) is 35.4. The van der Waals surface area contributed by atoms with Crippen molar-refractivity contribution in [3.05, 3.63) is 117 Å². The van der Waals surface area contributed by atoms with Crippen LogP contribution in [0.4, 0.5) is 22.0 Å². The lowest BCUT2D eigenvalue weighted by molar-refractivity contribution is -0.139. The van der Waals surface area contributed by atoms with Gasteiger partial charge in [0.05, 0.1) is 5.56 Å². The number of halogens is 5. The highest BCUT2D eigenvalue weighted by Gasteiger charge is 2.32. The van der Waals surface area contributed by atoms with E-state index >= 15 is 0 Å². The Kier molecular flexibility index (Phi) is 10.7. The van der Waals surface area contributed by atoms with Crippen LogP contribution < -0.4 is 5.56 Å². The summed E-state index contributed by atoms with van der Waals surface area (Å²) in [6.45, 7) is 5.38. The summed E-state index contributed by atoms with van der Waals surface area (Å²) in [5.41, 5.74) is 1.47. The first-order valence-electron chi connectivity index (χ1n) is 16.0. The van der Waals surface area contributed by atoms with Crippen LogP contribution in [-0.2, 0) is 36.8 Å². The third kappa shape index (κ3) is 8.15. The summed E-state index contributed by atoms with van der Waals surface area (Å²) in [5.74, 6) is -1.39. The van der Waals surface area contributed by atoms with Crippen LogP contribution >= 0.6 is 0 Å². The van der Waals surface area contributed by atoms with Crippen LogP contribution in [0.25, 0.3) is 11.1 Å². The topological polar surface area (TPSA) is 71.3 Å². The van der Waals surface area contributed by atoms with Gasteiger partial charge < -0.3 is 9.80 Å². The standard InChI is InChI=1S/C36H38F5N5O2/c1-4-32-34(47)42-33(16-12-27-11-15-29(37)21-31(27)38)46(43-32)23(2)35(48)45(30-17-19-44(3)20-18-30)22-24-5-7-25(8-6-24)26-9-13-28(14-10-26)36(39,40)41/h5-11,13-15,21,23,30H,4,12,16-20,22H2,1-3H3. The van der Waals surface area contributed by atoms with Crippen molar-refractivity contribution >= 4 is 5.91 Å². The van der Waals surface area contributed by atoms with Crippen molar-refractivity contribution in [2.45, 2.75) is 70.8 Å². The number of nitrogens with zero attached hydrogens (tertiary/aromatic N) is 5. The molecular weight excluding hydrogens is 629 g/mol. The van der Waals surface area contributed by atoms with Crippen LogP contribution in [0.2, 0.25) is 0 Å². The van der Waals surface area contributed by atoms with E-state index in [1.54, 1.807) is 13.8 Å². The molecule has 7 nitrogen and oxygen atoms in total. The number of benzene rings is 3. The second kappa shape index (κ2) is 14.8. The molecule has 0 saturated carbocycles. The molecular formula is C36H38F5N5O2. The number of aryl methyl sites for hydroxylation is 3. The van der Waals surface area contributed by atoms with Gasteiger partial charge in [0.1, 0.15) is 29.2 Å². The lowest BCUT2D eigenvalue weighted by Gasteiger charge is -2.39. The molecule has 2 heterocycles.